The van der Waals surface area contributed by atoms with Gasteiger partial charge >= 0.3 is 0 Å². The first kappa shape index (κ1) is 16.7. The lowest BCUT2D eigenvalue weighted by Crippen LogP contribution is -2.40. The van der Waals surface area contributed by atoms with Crippen LogP contribution in [0.25, 0.3) is 0 Å². The molecule has 1 aliphatic heterocycles. The van der Waals surface area contributed by atoms with Gasteiger partial charge in [-0.05, 0) is 36.6 Å². The first-order valence-electron chi connectivity index (χ1n) is 7.25. The Hall–Kier alpha value is -1.63. The van der Waals surface area contributed by atoms with Crippen LogP contribution in [-0.2, 0) is 13.0 Å². The van der Waals surface area contributed by atoms with Gasteiger partial charge in [0, 0.05) is 37.7 Å². The molecule has 0 amide bonds. The molecule has 4 nitrogen and oxygen atoms in total. The van der Waals surface area contributed by atoms with Gasteiger partial charge in [-0.25, -0.2) is 0 Å². The van der Waals surface area contributed by atoms with E-state index in [9.17, 15) is 0 Å². The number of fused-ring (bicyclic) bond motifs is 1. The molecule has 0 spiro atoms. The fraction of sp³-hybridized carbons (Fsp3) is 0.294. The highest BCUT2D eigenvalue weighted by molar-refractivity contribution is 14.0. The Bertz CT molecular complexity index is 652. The number of hydrogen-bond donors (Lipinski definition) is 1. The number of aromatic nitrogens is 1. The largest absolute Gasteiger partial charge is 0.352 e. The van der Waals surface area contributed by atoms with E-state index in [1.165, 1.54) is 11.3 Å². The minimum atomic E-state index is 0. The molecule has 5 heteroatoms. The maximum atomic E-state index is 4.41. The zero-order valence-corrected chi connectivity index (χ0v) is 15.2. The summed E-state index contributed by atoms with van der Waals surface area (Å²) in [6, 6.07) is 12.6. The third-order valence-corrected chi connectivity index (χ3v) is 3.78. The second-order valence-electron chi connectivity index (χ2n) is 5.24. The predicted octanol–water partition coefficient (Wildman–Crippen LogP) is 3.15. The van der Waals surface area contributed by atoms with E-state index in [1.807, 2.05) is 26.2 Å². The van der Waals surface area contributed by atoms with E-state index >= 15 is 0 Å². The lowest BCUT2D eigenvalue weighted by molar-refractivity contribution is 0.861. The van der Waals surface area contributed by atoms with Gasteiger partial charge in [-0.3, -0.25) is 9.98 Å². The van der Waals surface area contributed by atoms with E-state index in [2.05, 4.69) is 50.5 Å². The third kappa shape index (κ3) is 3.58. The molecule has 0 saturated heterocycles. The zero-order chi connectivity index (χ0) is 14.7. The third-order valence-electron chi connectivity index (χ3n) is 3.78. The van der Waals surface area contributed by atoms with Gasteiger partial charge in [0.1, 0.15) is 0 Å². The molecule has 1 aromatic carbocycles. The molecule has 0 aliphatic carbocycles. The van der Waals surface area contributed by atoms with Gasteiger partial charge in [-0.1, -0.05) is 24.3 Å². The summed E-state index contributed by atoms with van der Waals surface area (Å²) in [5.41, 5.74) is 4.84. The monoisotopic (exact) mass is 408 g/mol. The summed E-state index contributed by atoms with van der Waals surface area (Å²) in [6.45, 7) is 3.71. The van der Waals surface area contributed by atoms with Gasteiger partial charge in [-0.15, -0.1) is 24.0 Å². The Morgan fingerprint density at radius 2 is 2.09 bits per heavy atom. The molecule has 1 aromatic heterocycles. The molecule has 3 rings (SSSR count). The van der Waals surface area contributed by atoms with E-state index in [0.717, 1.165) is 36.7 Å². The van der Waals surface area contributed by atoms with Gasteiger partial charge in [0.05, 0.1) is 0 Å². The molecule has 2 aromatic rings. The smallest absolute Gasteiger partial charge is 0.198 e. The molecule has 22 heavy (non-hydrogen) atoms. The number of benzene rings is 1. The Morgan fingerprint density at radius 3 is 2.82 bits per heavy atom. The number of nitrogens with zero attached hydrogens (tertiary/aromatic N) is 3. The van der Waals surface area contributed by atoms with Gasteiger partial charge in [0.25, 0.3) is 0 Å². The maximum Gasteiger partial charge on any atom is 0.198 e. The van der Waals surface area contributed by atoms with E-state index in [1.54, 1.807) is 0 Å². The highest BCUT2D eigenvalue weighted by atomic mass is 127. The first-order chi connectivity index (χ1) is 10.3. The van der Waals surface area contributed by atoms with Gasteiger partial charge < -0.3 is 10.2 Å². The van der Waals surface area contributed by atoms with Gasteiger partial charge in [-0.2, -0.15) is 0 Å². The number of hydrogen-bond acceptors (Lipinski definition) is 2. The molecule has 0 bridgehead atoms. The van der Waals surface area contributed by atoms with E-state index in [0.29, 0.717) is 0 Å². The summed E-state index contributed by atoms with van der Waals surface area (Å²) >= 11 is 0. The molecule has 1 N–H and O–H groups in total. The van der Waals surface area contributed by atoms with E-state index in [-0.39, 0.29) is 24.0 Å². The normalized spacial score (nSPS) is 13.5. The predicted molar refractivity (Wildman–Crippen MR) is 102 cm³/mol. The van der Waals surface area contributed by atoms with Crippen molar-refractivity contribution in [2.45, 2.75) is 19.9 Å². The van der Waals surface area contributed by atoms with Crippen LogP contribution in [0, 0.1) is 6.92 Å². The van der Waals surface area contributed by atoms with Crippen molar-refractivity contribution in [1.82, 2.24) is 10.3 Å². The SMILES string of the molecule is CN=C(NCc1ccc(C)nc1)N1CCc2ccccc21.I. The molecule has 0 saturated carbocycles. The minimum Gasteiger partial charge on any atom is -0.352 e. The number of nitrogens with one attached hydrogen (secondary N) is 1. The van der Waals surface area contributed by atoms with Crippen molar-refractivity contribution >= 4 is 35.6 Å². The van der Waals surface area contributed by atoms with Crippen molar-refractivity contribution in [2.75, 3.05) is 18.5 Å². The topological polar surface area (TPSA) is 40.5 Å². The van der Waals surface area contributed by atoms with Crippen molar-refractivity contribution in [1.29, 1.82) is 0 Å². The Balaban J connectivity index is 0.00000176. The summed E-state index contributed by atoms with van der Waals surface area (Å²) in [7, 11) is 1.83. The fourth-order valence-corrected chi connectivity index (χ4v) is 2.64. The van der Waals surface area contributed by atoms with Crippen LogP contribution in [0.15, 0.2) is 47.6 Å². The highest BCUT2D eigenvalue weighted by Gasteiger charge is 2.22. The standard InChI is InChI=1S/C17H20N4.HI/c1-13-7-8-14(11-19-13)12-20-17(18-2)21-10-9-15-5-3-4-6-16(15)21;/h3-8,11H,9-10,12H2,1-2H3,(H,18,20);1H. The number of para-hydroxylation sites is 1. The van der Waals surface area contributed by atoms with Crippen LogP contribution in [0.2, 0.25) is 0 Å². The summed E-state index contributed by atoms with van der Waals surface area (Å²) in [4.78, 5) is 11.0. The van der Waals surface area contributed by atoms with Crippen LogP contribution < -0.4 is 10.2 Å². The summed E-state index contributed by atoms with van der Waals surface area (Å²) < 4.78 is 0. The summed E-state index contributed by atoms with van der Waals surface area (Å²) in [6.07, 6.45) is 2.98. The Morgan fingerprint density at radius 1 is 1.27 bits per heavy atom. The molecule has 0 atom stereocenters. The second-order valence-corrected chi connectivity index (χ2v) is 5.24. The number of aliphatic imine (C=N–C) groups is 1. The van der Waals surface area contributed by atoms with Gasteiger partial charge in [0.15, 0.2) is 5.96 Å². The Labute approximate surface area is 148 Å². The molecule has 116 valence electrons. The molecule has 1 aliphatic rings. The van der Waals surface area contributed by atoms with Crippen LogP contribution in [0.3, 0.4) is 0 Å². The average Bonchev–Trinajstić information content (AvgIpc) is 2.94. The number of anilines is 1. The fourth-order valence-electron chi connectivity index (χ4n) is 2.64. The molecule has 0 unspecified atom stereocenters. The number of halogens is 1. The van der Waals surface area contributed by atoms with Crippen molar-refractivity contribution in [2.24, 2.45) is 4.99 Å². The molecular weight excluding hydrogens is 387 g/mol. The lowest BCUT2D eigenvalue weighted by Gasteiger charge is -2.22. The first-order valence-corrected chi connectivity index (χ1v) is 7.25. The highest BCUT2D eigenvalue weighted by Crippen LogP contribution is 2.27. The van der Waals surface area contributed by atoms with Crippen LogP contribution in [0.5, 0.6) is 0 Å². The van der Waals surface area contributed by atoms with Gasteiger partial charge in [0.2, 0.25) is 0 Å². The zero-order valence-electron chi connectivity index (χ0n) is 12.9. The van der Waals surface area contributed by atoms with Crippen molar-refractivity contribution in [3.05, 3.63) is 59.4 Å². The van der Waals surface area contributed by atoms with Crippen LogP contribution in [0.4, 0.5) is 5.69 Å². The summed E-state index contributed by atoms with van der Waals surface area (Å²) in [5, 5.41) is 3.42. The van der Waals surface area contributed by atoms with Crippen LogP contribution in [0.1, 0.15) is 16.8 Å². The number of guanidine groups is 1. The molecular formula is C17H21IN4. The average molecular weight is 408 g/mol. The van der Waals surface area contributed by atoms with Crippen molar-refractivity contribution in [3.8, 4) is 0 Å². The van der Waals surface area contributed by atoms with Crippen LogP contribution in [-0.4, -0.2) is 24.5 Å². The van der Waals surface area contributed by atoms with Crippen molar-refractivity contribution < 1.29 is 0 Å². The second kappa shape index (κ2) is 7.58. The quantitative estimate of drug-likeness (QED) is 0.472. The van der Waals surface area contributed by atoms with E-state index in [4.69, 9.17) is 0 Å². The molecule has 0 fully saturated rings. The number of pyridine rings is 1. The lowest BCUT2D eigenvalue weighted by atomic mass is 10.2. The number of aryl methyl sites for hydroxylation is 1. The minimum absolute atomic E-state index is 0. The molecule has 0 radical (unpaired) electrons. The number of rotatable bonds is 2. The maximum absolute atomic E-state index is 4.41. The molecule has 2 heterocycles. The van der Waals surface area contributed by atoms with Crippen molar-refractivity contribution in [3.63, 3.8) is 0 Å². The van der Waals surface area contributed by atoms with Crippen LogP contribution >= 0.6 is 24.0 Å². The van der Waals surface area contributed by atoms with E-state index < -0.39 is 0 Å². The Kier molecular flexibility index (Phi) is 5.76. The summed E-state index contributed by atoms with van der Waals surface area (Å²) in [5.74, 6) is 0.917.